The predicted octanol–water partition coefficient (Wildman–Crippen LogP) is 3.40. The first-order chi connectivity index (χ1) is 11.2. The van der Waals surface area contributed by atoms with Gasteiger partial charge in [0.1, 0.15) is 11.5 Å². The summed E-state index contributed by atoms with van der Waals surface area (Å²) in [4.78, 5) is 0. The Kier molecular flexibility index (Phi) is 6.76. The van der Waals surface area contributed by atoms with Crippen molar-refractivity contribution in [1.82, 2.24) is 5.32 Å². The lowest BCUT2D eigenvalue weighted by Gasteiger charge is -2.10. The Morgan fingerprint density at radius 1 is 1.04 bits per heavy atom. The van der Waals surface area contributed by atoms with Crippen molar-refractivity contribution in [3.63, 3.8) is 0 Å². The molecule has 4 heteroatoms. The first-order valence-electron chi connectivity index (χ1n) is 8.07. The highest BCUT2D eigenvalue weighted by atomic mass is 16.5. The minimum absolute atomic E-state index is 0.701. The van der Waals surface area contributed by atoms with E-state index in [0.717, 1.165) is 37.4 Å². The molecule has 0 aliphatic rings. The molecule has 23 heavy (non-hydrogen) atoms. The van der Waals surface area contributed by atoms with Crippen LogP contribution < -0.4 is 20.5 Å². The molecule has 2 rings (SSSR count). The SMILES string of the molecule is CCCOc1ccc(CCNCc2ccc(OC)cc2)cc1N. The summed E-state index contributed by atoms with van der Waals surface area (Å²) in [6.45, 7) is 4.53. The largest absolute Gasteiger partial charge is 0.497 e. The maximum absolute atomic E-state index is 6.03. The summed E-state index contributed by atoms with van der Waals surface area (Å²) in [5.41, 5.74) is 9.20. The molecule has 0 unspecified atom stereocenters. The number of rotatable bonds is 9. The van der Waals surface area contributed by atoms with E-state index in [1.807, 2.05) is 24.3 Å². The molecular weight excluding hydrogens is 288 g/mol. The molecule has 0 bridgehead atoms. The third-order valence-electron chi connectivity index (χ3n) is 3.61. The van der Waals surface area contributed by atoms with Gasteiger partial charge >= 0.3 is 0 Å². The summed E-state index contributed by atoms with van der Waals surface area (Å²) < 4.78 is 10.7. The molecule has 0 aromatic heterocycles. The van der Waals surface area contributed by atoms with Crippen LogP contribution in [0.4, 0.5) is 5.69 Å². The van der Waals surface area contributed by atoms with E-state index >= 15 is 0 Å². The summed E-state index contributed by atoms with van der Waals surface area (Å²) in [5.74, 6) is 1.66. The summed E-state index contributed by atoms with van der Waals surface area (Å²) in [5, 5.41) is 3.44. The van der Waals surface area contributed by atoms with Gasteiger partial charge < -0.3 is 20.5 Å². The normalized spacial score (nSPS) is 10.5. The van der Waals surface area contributed by atoms with Crippen LogP contribution in [0.15, 0.2) is 42.5 Å². The zero-order chi connectivity index (χ0) is 16.5. The molecule has 3 N–H and O–H groups in total. The first-order valence-corrected chi connectivity index (χ1v) is 8.07. The van der Waals surface area contributed by atoms with Crippen molar-refractivity contribution in [3.8, 4) is 11.5 Å². The molecule has 0 heterocycles. The molecular formula is C19H26N2O2. The van der Waals surface area contributed by atoms with E-state index in [0.29, 0.717) is 12.3 Å². The smallest absolute Gasteiger partial charge is 0.142 e. The number of nitrogens with two attached hydrogens (primary N) is 1. The highest BCUT2D eigenvalue weighted by Gasteiger charge is 2.02. The van der Waals surface area contributed by atoms with Crippen LogP contribution in [0.5, 0.6) is 11.5 Å². The van der Waals surface area contributed by atoms with Gasteiger partial charge in [0.2, 0.25) is 0 Å². The summed E-state index contributed by atoms with van der Waals surface area (Å²) in [7, 11) is 1.68. The highest BCUT2D eigenvalue weighted by molar-refractivity contribution is 5.54. The van der Waals surface area contributed by atoms with Crippen LogP contribution in [0, 0.1) is 0 Å². The summed E-state index contributed by atoms with van der Waals surface area (Å²) in [6.07, 6.45) is 1.92. The molecule has 0 radical (unpaired) electrons. The Morgan fingerprint density at radius 3 is 2.43 bits per heavy atom. The average molecular weight is 314 g/mol. The summed E-state index contributed by atoms with van der Waals surface area (Å²) in [6, 6.07) is 14.1. The lowest BCUT2D eigenvalue weighted by atomic mass is 10.1. The third-order valence-corrected chi connectivity index (χ3v) is 3.61. The minimum atomic E-state index is 0.701. The molecule has 0 spiro atoms. The summed E-state index contributed by atoms with van der Waals surface area (Å²) >= 11 is 0. The van der Waals surface area contributed by atoms with Gasteiger partial charge in [-0.05, 0) is 54.8 Å². The number of hydrogen-bond donors (Lipinski definition) is 2. The fraction of sp³-hybridized carbons (Fsp3) is 0.368. The van der Waals surface area contributed by atoms with Crippen molar-refractivity contribution >= 4 is 5.69 Å². The highest BCUT2D eigenvalue weighted by Crippen LogP contribution is 2.22. The van der Waals surface area contributed by atoms with E-state index < -0.39 is 0 Å². The first kappa shape index (κ1) is 17.2. The van der Waals surface area contributed by atoms with E-state index in [9.17, 15) is 0 Å². The average Bonchev–Trinajstić information content (AvgIpc) is 2.58. The van der Waals surface area contributed by atoms with Crippen LogP contribution in [-0.2, 0) is 13.0 Å². The Morgan fingerprint density at radius 2 is 1.78 bits per heavy atom. The number of ether oxygens (including phenoxy) is 2. The maximum Gasteiger partial charge on any atom is 0.142 e. The molecule has 0 amide bonds. The lowest BCUT2D eigenvalue weighted by Crippen LogP contribution is -2.16. The van der Waals surface area contributed by atoms with Crippen molar-refractivity contribution in [2.24, 2.45) is 0 Å². The number of methoxy groups -OCH3 is 1. The van der Waals surface area contributed by atoms with Crippen LogP contribution in [0.3, 0.4) is 0 Å². The van der Waals surface area contributed by atoms with Crippen LogP contribution in [0.25, 0.3) is 0 Å². The molecule has 2 aromatic rings. The maximum atomic E-state index is 6.03. The van der Waals surface area contributed by atoms with E-state index in [2.05, 4.69) is 30.4 Å². The molecule has 124 valence electrons. The molecule has 0 saturated carbocycles. The minimum Gasteiger partial charge on any atom is -0.497 e. The quantitative estimate of drug-likeness (QED) is 0.550. The molecule has 0 saturated heterocycles. The van der Waals surface area contributed by atoms with Gasteiger partial charge in [0.15, 0.2) is 0 Å². The van der Waals surface area contributed by atoms with Gasteiger partial charge in [-0.3, -0.25) is 0 Å². The zero-order valence-electron chi connectivity index (χ0n) is 14.0. The van der Waals surface area contributed by atoms with Gasteiger partial charge in [0.25, 0.3) is 0 Å². The molecule has 0 aliphatic heterocycles. The molecule has 4 nitrogen and oxygen atoms in total. The van der Waals surface area contributed by atoms with Gasteiger partial charge in [-0.15, -0.1) is 0 Å². The van der Waals surface area contributed by atoms with Gasteiger partial charge in [-0.2, -0.15) is 0 Å². The number of hydrogen-bond acceptors (Lipinski definition) is 4. The Hall–Kier alpha value is -2.20. The molecule has 0 atom stereocenters. The van der Waals surface area contributed by atoms with Crippen LogP contribution in [0.2, 0.25) is 0 Å². The standard InChI is InChI=1S/C19H26N2O2/c1-3-12-23-19-9-6-15(13-18(19)20)10-11-21-14-16-4-7-17(22-2)8-5-16/h4-9,13,21H,3,10-12,14,20H2,1-2H3. The lowest BCUT2D eigenvalue weighted by molar-refractivity contribution is 0.319. The van der Waals surface area contributed by atoms with Gasteiger partial charge in [-0.25, -0.2) is 0 Å². The Balaban J connectivity index is 1.76. The second-order valence-corrected chi connectivity index (χ2v) is 5.50. The van der Waals surface area contributed by atoms with Crippen molar-refractivity contribution in [3.05, 3.63) is 53.6 Å². The third kappa shape index (κ3) is 5.49. The van der Waals surface area contributed by atoms with E-state index in [1.165, 1.54) is 11.1 Å². The molecule has 2 aromatic carbocycles. The Bertz CT molecular complexity index is 597. The van der Waals surface area contributed by atoms with Gasteiger partial charge in [-0.1, -0.05) is 25.1 Å². The van der Waals surface area contributed by atoms with Gasteiger partial charge in [0.05, 0.1) is 19.4 Å². The van der Waals surface area contributed by atoms with Crippen molar-refractivity contribution in [2.75, 3.05) is 26.0 Å². The van der Waals surface area contributed by atoms with Crippen molar-refractivity contribution in [2.45, 2.75) is 26.3 Å². The van der Waals surface area contributed by atoms with Crippen molar-refractivity contribution < 1.29 is 9.47 Å². The number of benzene rings is 2. The van der Waals surface area contributed by atoms with E-state index in [1.54, 1.807) is 7.11 Å². The van der Waals surface area contributed by atoms with E-state index in [4.69, 9.17) is 15.2 Å². The zero-order valence-corrected chi connectivity index (χ0v) is 14.0. The van der Waals surface area contributed by atoms with Crippen molar-refractivity contribution in [1.29, 1.82) is 0 Å². The topological polar surface area (TPSA) is 56.5 Å². The predicted molar refractivity (Wildman–Crippen MR) is 95.0 cm³/mol. The Labute approximate surface area is 138 Å². The number of anilines is 1. The van der Waals surface area contributed by atoms with Crippen LogP contribution >= 0.6 is 0 Å². The second kappa shape index (κ2) is 9.06. The second-order valence-electron chi connectivity index (χ2n) is 5.50. The fourth-order valence-electron chi connectivity index (χ4n) is 2.31. The fourth-order valence-corrected chi connectivity index (χ4v) is 2.31. The number of nitrogen functional groups attached to an aromatic ring is 1. The monoisotopic (exact) mass is 314 g/mol. The molecule has 0 aliphatic carbocycles. The van der Waals surface area contributed by atoms with Gasteiger partial charge in [0, 0.05) is 6.54 Å². The van der Waals surface area contributed by atoms with Crippen LogP contribution in [-0.4, -0.2) is 20.3 Å². The molecule has 0 fully saturated rings. The number of nitrogens with one attached hydrogen (secondary N) is 1. The van der Waals surface area contributed by atoms with E-state index in [-0.39, 0.29) is 0 Å². The van der Waals surface area contributed by atoms with Crippen LogP contribution in [0.1, 0.15) is 24.5 Å².